The standard InChI is InChI=1S/C22H23NO4/c1-4-5-6-11-27-22(26)16-9-10-17-18(13-16)21(25)23(20(17)24)19-12-14(2)7-8-15(19)3/h7-10,12-13H,4-6,11H2,1-3H3. The number of unbranched alkanes of at least 4 members (excludes halogenated alkanes) is 2. The number of carbonyl (C=O) groups is 3. The Labute approximate surface area is 158 Å². The summed E-state index contributed by atoms with van der Waals surface area (Å²) in [6, 6.07) is 10.2. The number of fused-ring (bicyclic) bond motifs is 1. The molecule has 0 bridgehead atoms. The first-order valence-corrected chi connectivity index (χ1v) is 9.21. The van der Waals surface area contributed by atoms with Crippen LogP contribution in [0.4, 0.5) is 5.69 Å². The highest BCUT2D eigenvalue weighted by Gasteiger charge is 2.37. The van der Waals surface area contributed by atoms with Crippen molar-refractivity contribution < 1.29 is 19.1 Å². The summed E-state index contributed by atoms with van der Waals surface area (Å²) in [6.45, 7) is 6.20. The van der Waals surface area contributed by atoms with Crippen LogP contribution in [-0.2, 0) is 4.74 Å². The lowest BCUT2D eigenvalue weighted by Crippen LogP contribution is -2.30. The van der Waals surface area contributed by atoms with E-state index in [1.807, 2.05) is 32.0 Å². The van der Waals surface area contributed by atoms with E-state index in [0.717, 1.165) is 30.4 Å². The maximum absolute atomic E-state index is 12.9. The molecule has 0 saturated carbocycles. The number of imide groups is 1. The lowest BCUT2D eigenvalue weighted by Gasteiger charge is -2.17. The van der Waals surface area contributed by atoms with Crippen molar-refractivity contribution in [2.24, 2.45) is 0 Å². The van der Waals surface area contributed by atoms with Gasteiger partial charge in [0.15, 0.2) is 0 Å². The minimum atomic E-state index is -0.473. The number of amides is 2. The van der Waals surface area contributed by atoms with Crippen LogP contribution in [0, 0.1) is 13.8 Å². The van der Waals surface area contributed by atoms with Crippen LogP contribution in [-0.4, -0.2) is 24.4 Å². The third kappa shape index (κ3) is 3.63. The SMILES string of the molecule is CCCCCOC(=O)c1ccc2c(c1)C(=O)N(c1cc(C)ccc1C)C2=O. The molecule has 1 heterocycles. The van der Waals surface area contributed by atoms with Crippen LogP contribution >= 0.6 is 0 Å². The molecule has 2 aromatic rings. The summed E-state index contributed by atoms with van der Waals surface area (Å²) in [7, 11) is 0. The molecular formula is C22H23NO4. The highest BCUT2D eigenvalue weighted by Crippen LogP contribution is 2.31. The molecule has 2 amide bonds. The zero-order valence-electron chi connectivity index (χ0n) is 15.9. The molecule has 0 unspecified atom stereocenters. The van der Waals surface area contributed by atoms with E-state index in [1.54, 1.807) is 6.07 Å². The van der Waals surface area contributed by atoms with Crippen LogP contribution < -0.4 is 4.90 Å². The van der Waals surface area contributed by atoms with Gasteiger partial charge in [0.2, 0.25) is 0 Å². The van der Waals surface area contributed by atoms with Gasteiger partial charge in [0.25, 0.3) is 11.8 Å². The predicted octanol–water partition coefficient (Wildman–Crippen LogP) is 4.45. The number of esters is 1. The molecule has 27 heavy (non-hydrogen) atoms. The molecule has 1 aliphatic heterocycles. The summed E-state index contributed by atoms with van der Waals surface area (Å²) in [6.07, 6.45) is 2.85. The van der Waals surface area contributed by atoms with Gasteiger partial charge in [-0.2, -0.15) is 0 Å². The average Bonchev–Trinajstić information content (AvgIpc) is 2.91. The zero-order valence-corrected chi connectivity index (χ0v) is 15.9. The van der Waals surface area contributed by atoms with Crippen molar-refractivity contribution in [2.45, 2.75) is 40.0 Å². The summed E-state index contributed by atoms with van der Waals surface area (Å²) in [5.74, 6) is -1.25. The van der Waals surface area contributed by atoms with Crippen LogP contribution in [0.15, 0.2) is 36.4 Å². The van der Waals surface area contributed by atoms with Gasteiger partial charge in [-0.25, -0.2) is 9.69 Å². The van der Waals surface area contributed by atoms with Crippen LogP contribution in [0.3, 0.4) is 0 Å². The predicted molar refractivity (Wildman–Crippen MR) is 103 cm³/mol. The van der Waals surface area contributed by atoms with E-state index >= 15 is 0 Å². The number of carbonyl (C=O) groups excluding carboxylic acids is 3. The molecule has 0 N–H and O–H groups in total. The molecule has 0 spiro atoms. The minimum absolute atomic E-state index is 0.240. The molecular weight excluding hydrogens is 342 g/mol. The number of anilines is 1. The number of benzene rings is 2. The molecule has 0 saturated heterocycles. The first-order chi connectivity index (χ1) is 12.9. The fourth-order valence-electron chi connectivity index (χ4n) is 3.15. The van der Waals surface area contributed by atoms with Crippen LogP contribution in [0.2, 0.25) is 0 Å². The Hall–Kier alpha value is -2.95. The Kier molecular flexibility index (Phi) is 5.40. The van der Waals surface area contributed by atoms with Crippen molar-refractivity contribution in [3.63, 3.8) is 0 Å². The quantitative estimate of drug-likeness (QED) is 0.431. The van der Waals surface area contributed by atoms with E-state index in [1.165, 1.54) is 17.0 Å². The lowest BCUT2D eigenvalue weighted by atomic mass is 10.1. The van der Waals surface area contributed by atoms with Gasteiger partial charge in [-0.3, -0.25) is 9.59 Å². The number of aryl methyl sites for hydroxylation is 2. The van der Waals surface area contributed by atoms with Gasteiger partial charge >= 0.3 is 5.97 Å². The Morgan fingerprint density at radius 2 is 1.70 bits per heavy atom. The number of hydrogen-bond acceptors (Lipinski definition) is 4. The second-order valence-electron chi connectivity index (χ2n) is 6.84. The molecule has 0 atom stereocenters. The van der Waals surface area contributed by atoms with Gasteiger partial charge < -0.3 is 4.74 Å². The number of ether oxygens (including phenoxy) is 1. The van der Waals surface area contributed by atoms with Crippen molar-refractivity contribution in [1.82, 2.24) is 0 Å². The summed E-state index contributed by atoms with van der Waals surface area (Å²) < 4.78 is 5.25. The van der Waals surface area contributed by atoms with Gasteiger partial charge in [0.05, 0.1) is 29.0 Å². The summed E-state index contributed by atoms with van der Waals surface area (Å²) in [5.41, 5.74) is 3.21. The van der Waals surface area contributed by atoms with Crippen molar-refractivity contribution in [3.05, 3.63) is 64.2 Å². The molecule has 5 heteroatoms. The summed E-state index contributed by atoms with van der Waals surface area (Å²) in [5, 5.41) is 0. The molecule has 0 radical (unpaired) electrons. The van der Waals surface area contributed by atoms with Crippen LogP contribution in [0.25, 0.3) is 0 Å². The van der Waals surface area contributed by atoms with Gasteiger partial charge in [-0.15, -0.1) is 0 Å². The maximum atomic E-state index is 12.9. The average molecular weight is 365 g/mol. The highest BCUT2D eigenvalue weighted by molar-refractivity contribution is 6.35. The van der Waals surface area contributed by atoms with Gasteiger partial charge in [-0.1, -0.05) is 31.9 Å². The molecule has 0 aliphatic carbocycles. The van der Waals surface area contributed by atoms with Gasteiger partial charge in [-0.05, 0) is 55.7 Å². The Bertz CT molecular complexity index is 917. The number of nitrogens with zero attached hydrogens (tertiary/aromatic N) is 1. The second kappa shape index (κ2) is 7.74. The fraction of sp³-hybridized carbons (Fsp3) is 0.318. The minimum Gasteiger partial charge on any atom is -0.462 e. The van der Waals surface area contributed by atoms with Crippen LogP contribution in [0.1, 0.15) is 68.4 Å². The first-order valence-electron chi connectivity index (χ1n) is 9.21. The van der Waals surface area contributed by atoms with E-state index in [9.17, 15) is 14.4 Å². The molecule has 140 valence electrons. The third-order valence-corrected chi connectivity index (χ3v) is 4.71. The van der Waals surface area contributed by atoms with Crippen molar-refractivity contribution in [3.8, 4) is 0 Å². The van der Waals surface area contributed by atoms with Gasteiger partial charge in [0.1, 0.15) is 0 Å². The largest absolute Gasteiger partial charge is 0.462 e. The zero-order chi connectivity index (χ0) is 19.6. The molecule has 2 aromatic carbocycles. The smallest absolute Gasteiger partial charge is 0.338 e. The molecule has 0 aromatic heterocycles. The fourth-order valence-corrected chi connectivity index (χ4v) is 3.15. The second-order valence-corrected chi connectivity index (χ2v) is 6.84. The lowest BCUT2D eigenvalue weighted by molar-refractivity contribution is 0.0498. The normalized spacial score (nSPS) is 13.1. The first kappa shape index (κ1) is 18.8. The van der Waals surface area contributed by atoms with Gasteiger partial charge in [0, 0.05) is 0 Å². The maximum Gasteiger partial charge on any atom is 0.338 e. The number of rotatable bonds is 6. The van der Waals surface area contributed by atoms with Crippen molar-refractivity contribution in [1.29, 1.82) is 0 Å². The summed E-state index contributed by atoms with van der Waals surface area (Å²) in [4.78, 5) is 39.1. The molecule has 5 nitrogen and oxygen atoms in total. The number of hydrogen-bond donors (Lipinski definition) is 0. The molecule has 3 rings (SSSR count). The van der Waals surface area contributed by atoms with Crippen LogP contribution in [0.5, 0.6) is 0 Å². The van der Waals surface area contributed by atoms with E-state index in [0.29, 0.717) is 17.9 Å². The van der Waals surface area contributed by atoms with E-state index in [-0.39, 0.29) is 17.0 Å². The monoisotopic (exact) mass is 365 g/mol. The Morgan fingerprint density at radius 1 is 0.963 bits per heavy atom. The third-order valence-electron chi connectivity index (χ3n) is 4.71. The summed E-state index contributed by atoms with van der Waals surface area (Å²) >= 11 is 0. The highest BCUT2D eigenvalue weighted by atomic mass is 16.5. The van der Waals surface area contributed by atoms with E-state index in [2.05, 4.69) is 6.92 Å². The Morgan fingerprint density at radius 3 is 2.44 bits per heavy atom. The van der Waals surface area contributed by atoms with Crippen molar-refractivity contribution >= 4 is 23.5 Å². The molecule has 0 fully saturated rings. The van der Waals surface area contributed by atoms with E-state index < -0.39 is 11.9 Å². The molecule has 1 aliphatic rings. The Balaban J connectivity index is 1.86. The topological polar surface area (TPSA) is 63.7 Å². The van der Waals surface area contributed by atoms with Crippen molar-refractivity contribution in [2.75, 3.05) is 11.5 Å². The van der Waals surface area contributed by atoms with E-state index in [4.69, 9.17) is 4.74 Å².